The number of methoxy groups -OCH3 is 1. The molecule has 0 N–H and O–H groups in total. The van der Waals surface area contributed by atoms with Crippen LogP contribution >= 0.6 is 0 Å². The van der Waals surface area contributed by atoms with Crippen molar-refractivity contribution in [2.75, 3.05) is 7.11 Å². The second-order valence-corrected chi connectivity index (χ2v) is 3.97. The molecule has 0 amide bonds. The van der Waals surface area contributed by atoms with E-state index >= 15 is 0 Å². The molecule has 3 nitrogen and oxygen atoms in total. The predicted molar refractivity (Wildman–Crippen MR) is 52.8 cm³/mol. The van der Waals surface area contributed by atoms with Gasteiger partial charge in [-0.05, 0) is 18.8 Å². The first-order valence-corrected chi connectivity index (χ1v) is 5.29. The Morgan fingerprint density at radius 1 is 1.57 bits per heavy atom. The molecule has 1 aliphatic carbocycles. The predicted octanol–water partition coefficient (Wildman–Crippen LogP) is 1.94. The molecule has 0 aliphatic heterocycles. The van der Waals surface area contributed by atoms with Gasteiger partial charge in [-0.2, -0.15) is 0 Å². The van der Waals surface area contributed by atoms with Crippen LogP contribution in [-0.4, -0.2) is 18.9 Å². The minimum Gasteiger partial charge on any atom is -0.468 e. The Kier molecular flexibility index (Phi) is 4.11. The molecule has 0 bridgehead atoms. The summed E-state index contributed by atoms with van der Waals surface area (Å²) >= 11 is 0. The van der Waals surface area contributed by atoms with E-state index in [0.29, 0.717) is 18.8 Å². The van der Waals surface area contributed by atoms with Crippen LogP contribution in [0.25, 0.3) is 0 Å². The van der Waals surface area contributed by atoms with Gasteiger partial charge in [-0.3, -0.25) is 9.59 Å². The number of rotatable bonds is 3. The SMILES string of the molecule is CCC[C@H]1CCC(=O)[C@H](C(=O)OC)C1. The highest BCUT2D eigenvalue weighted by atomic mass is 16.5. The summed E-state index contributed by atoms with van der Waals surface area (Å²) in [6.45, 7) is 2.13. The summed E-state index contributed by atoms with van der Waals surface area (Å²) in [6.07, 6.45) is 4.41. The van der Waals surface area contributed by atoms with Crippen LogP contribution in [0.2, 0.25) is 0 Å². The molecule has 1 fully saturated rings. The highest BCUT2D eigenvalue weighted by Gasteiger charge is 2.33. The van der Waals surface area contributed by atoms with Crippen molar-refractivity contribution in [3.05, 3.63) is 0 Å². The molecule has 1 saturated carbocycles. The van der Waals surface area contributed by atoms with Gasteiger partial charge in [0, 0.05) is 6.42 Å². The summed E-state index contributed by atoms with van der Waals surface area (Å²) in [5, 5.41) is 0. The smallest absolute Gasteiger partial charge is 0.316 e. The van der Waals surface area contributed by atoms with Crippen molar-refractivity contribution in [2.24, 2.45) is 11.8 Å². The van der Waals surface area contributed by atoms with E-state index in [2.05, 4.69) is 11.7 Å². The lowest BCUT2D eigenvalue weighted by molar-refractivity contribution is -0.151. The highest BCUT2D eigenvalue weighted by Crippen LogP contribution is 2.30. The molecule has 2 atom stereocenters. The molecule has 0 aromatic heterocycles. The van der Waals surface area contributed by atoms with Gasteiger partial charge >= 0.3 is 5.97 Å². The van der Waals surface area contributed by atoms with Crippen molar-refractivity contribution < 1.29 is 14.3 Å². The van der Waals surface area contributed by atoms with Crippen LogP contribution in [0.1, 0.15) is 39.0 Å². The molecule has 0 radical (unpaired) electrons. The maximum Gasteiger partial charge on any atom is 0.316 e. The minimum absolute atomic E-state index is 0.0594. The van der Waals surface area contributed by atoms with Gasteiger partial charge in [-0.1, -0.05) is 19.8 Å². The summed E-state index contributed by atoms with van der Waals surface area (Å²) in [4.78, 5) is 22.7. The Balaban J connectivity index is 2.55. The number of hydrogen-bond acceptors (Lipinski definition) is 3. The summed E-state index contributed by atoms with van der Waals surface area (Å²) in [6, 6.07) is 0. The third-order valence-electron chi connectivity index (χ3n) is 2.94. The molecule has 0 saturated heterocycles. The van der Waals surface area contributed by atoms with Crippen molar-refractivity contribution in [3.63, 3.8) is 0 Å². The molecule has 14 heavy (non-hydrogen) atoms. The first-order valence-electron chi connectivity index (χ1n) is 5.29. The number of hydrogen-bond donors (Lipinski definition) is 0. The number of ether oxygens (including phenoxy) is 1. The van der Waals surface area contributed by atoms with Gasteiger partial charge < -0.3 is 4.74 Å². The van der Waals surface area contributed by atoms with Crippen molar-refractivity contribution in [3.8, 4) is 0 Å². The summed E-state index contributed by atoms with van der Waals surface area (Å²) < 4.78 is 4.63. The van der Waals surface area contributed by atoms with E-state index in [1.165, 1.54) is 7.11 Å². The van der Waals surface area contributed by atoms with E-state index in [-0.39, 0.29) is 11.8 Å². The van der Waals surface area contributed by atoms with Crippen LogP contribution < -0.4 is 0 Å². The van der Waals surface area contributed by atoms with Crippen molar-refractivity contribution in [1.82, 2.24) is 0 Å². The molecule has 3 heteroatoms. The van der Waals surface area contributed by atoms with Crippen molar-refractivity contribution in [2.45, 2.75) is 39.0 Å². The number of carbonyl (C=O) groups is 2. The fourth-order valence-corrected chi connectivity index (χ4v) is 2.14. The Hall–Kier alpha value is -0.860. The molecule has 0 unspecified atom stereocenters. The maximum absolute atomic E-state index is 11.4. The lowest BCUT2D eigenvalue weighted by Crippen LogP contribution is -2.32. The highest BCUT2D eigenvalue weighted by molar-refractivity contribution is 5.99. The Morgan fingerprint density at radius 2 is 2.29 bits per heavy atom. The molecule has 80 valence electrons. The van der Waals surface area contributed by atoms with Gasteiger partial charge in [-0.25, -0.2) is 0 Å². The molecular weight excluding hydrogens is 180 g/mol. The molecule has 0 heterocycles. The molecule has 0 aromatic rings. The van der Waals surface area contributed by atoms with Crippen LogP contribution in [0.4, 0.5) is 0 Å². The standard InChI is InChI=1S/C11H18O3/c1-3-4-8-5-6-10(12)9(7-8)11(13)14-2/h8-9H,3-7H2,1-2H3/t8-,9+/m0/s1. The lowest BCUT2D eigenvalue weighted by atomic mass is 9.78. The summed E-state index contributed by atoms with van der Waals surface area (Å²) in [5.41, 5.74) is 0. The molecule has 0 aromatic carbocycles. The number of ketones is 1. The molecule has 0 spiro atoms. The normalized spacial score (nSPS) is 27.4. The minimum atomic E-state index is -0.481. The zero-order valence-electron chi connectivity index (χ0n) is 8.91. The van der Waals surface area contributed by atoms with Crippen molar-refractivity contribution in [1.29, 1.82) is 0 Å². The van der Waals surface area contributed by atoms with Crippen LogP contribution in [0, 0.1) is 11.8 Å². The average molecular weight is 198 g/mol. The number of Topliss-reactive ketones (excluding diaryl/α,β-unsaturated/α-hetero) is 1. The van der Waals surface area contributed by atoms with E-state index < -0.39 is 5.92 Å². The van der Waals surface area contributed by atoms with E-state index in [0.717, 1.165) is 19.3 Å². The Labute approximate surface area is 84.8 Å². The van der Waals surface area contributed by atoms with Gasteiger partial charge in [0.1, 0.15) is 11.7 Å². The van der Waals surface area contributed by atoms with Crippen LogP contribution in [0.3, 0.4) is 0 Å². The number of carbonyl (C=O) groups excluding carboxylic acids is 2. The average Bonchev–Trinajstić information content (AvgIpc) is 2.20. The van der Waals surface area contributed by atoms with Crippen LogP contribution in [0.15, 0.2) is 0 Å². The first kappa shape index (κ1) is 11.2. The van der Waals surface area contributed by atoms with E-state index in [1.54, 1.807) is 0 Å². The summed E-state index contributed by atoms with van der Waals surface area (Å²) in [5.74, 6) is -0.243. The number of esters is 1. The van der Waals surface area contributed by atoms with Crippen molar-refractivity contribution >= 4 is 11.8 Å². The van der Waals surface area contributed by atoms with Crippen LogP contribution in [-0.2, 0) is 14.3 Å². The Bertz CT molecular complexity index is 215. The second-order valence-electron chi connectivity index (χ2n) is 3.97. The zero-order valence-corrected chi connectivity index (χ0v) is 8.91. The monoisotopic (exact) mass is 198 g/mol. The van der Waals surface area contributed by atoms with Gasteiger partial charge in [0.25, 0.3) is 0 Å². The third kappa shape index (κ3) is 2.56. The topological polar surface area (TPSA) is 43.4 Å². The quantitative estimate of drug-likeness (QED) is 0.514. The Morgan fingerprint density at radius 3 is 2.86 bits per heavy atom. The van der Waals surface area contributed by atoms with Gasteiger partial charge in [0.05, 0.1) is 7.11 Å². The van der Waals surface area contributed by atoms with Gasteiger partial charge in [0.2, 0.25) is 0 Å². The first-order chi connectivity index (χ1) is 6.69. The fourth-order valence-electron chi connectivity index (χ4n) is 2.14. The van der Waals surface area contributed by atoms with Crippen LogP contribution in [0.5, 0.6) is 0 Å². The molecular formula is C11H18O3. The zero-order chi connectivity index (χ0) is 10.6. The maximum atomic E-state index is 11.4. The lowest BCUT2D eigenvalue weighted by Gasteiger charge is -2.25. The van der Waals surface area contributed by atoms with E-state index in [9.17, 15) is 9.59 Å². The molecule has 1 aliphatic rings. The molecule has 1 rings (SSSR count). The third-order valence-corrected chi connectivity index (χ3v) is 2.94. The fraction of sp³-hybridized carbons (Fsp3) is 0.818. The summed E-state index contributed by atoms with van der Waals surface area (Å²) in [7, 11) is 1.35. The largest absolute Gasteiger partial charge is 0.468 e. The van der Waals surface area contributed by atoms with Gasteiger partial charge in [0.15, 0.2) is 0 Å². The van der Waals surface area contributed by atoms with E-state index in [4.69, 9.17) is 0 Å². The van der Waals surface area contributed by atoms with E-state index in [1.807, 2.05) is 0 Å². The van der Waals surface area contributed by atoms with Gasteiger partial charge in [-0.15, -0.1) is 0 Å². The second kappa shape index (κ2) is 5.13.